The molecule has 0 radical (unpaired) electrons. The van der Waals surface area contributed by atoms with E-state index in [4.69, 9.17) is 0 Å². The third-order valence-corrected chi connectivity index (χ3v) is 6.48. The van der Waals surface area contributed by atoms with E-state index in [-0.39, 0.29) is 0 Å². The molecule has 0 aliphatic heterocycles. The number of hydrogen-bond donors (Lipinski definition) is 0. The van der Waals surface area contributed by atoms with Gasteiger partial charge in [0.1, 0.15) is 0 Å². The summed E-state index contributed by atoms with van der Waals surface area (Å²) in [6.07, 6.45) is 21.1. The minimum absolute atomic E-state index is 0.610. The molecule has 0 heterocycles. The quantitative estimate of drug-likeness (QED) is 0.333. The fraction of sp³-hybridized carbons (Fsp3) is 0.870. The Morgan fingerprint density at radius 2 is 1.20 bits per heavy atom. The summed E-state index contributed by atoms with van der Waals surface area (Å²) in [6.45, 7) is 14.4. The monoisotopic (exact) mass is 517 g/mol. The summed E-state index contributed by atoms with van der Waals surface area (Å²) < 4.78 is 4.12. The van der Waals surface area contributed by atoms with Crippen LogP contribution < -0.4 is 0 Å². The molecule has 1 atom stereocenters. The van der Waals surface area contributed by atoms with Gasteiger partial charge in [0.15, 0.2) is 0 Å². The summed E-state index contributed by atoms with van der Waals surface area (Å²) in [5.74, 6) is 2.11. The molecule has 0 aromatic heterocycles. The Morgan fingerprint density at radius 1 is 0.880 bits per heavy atom. The summed E-state index contributed by atoms with van der Waals surface area (Å²) in [6, 6.07) is 0.610. The standard InChI is InChI=1S/2C8H15.C4H9N.C3H7.Ta/c2*1-2-8-6-4-3-5-7-8;1-3-4(2)5;1-3-2;/h2*3,8H,2,4-7H2,1H3;4H,3H2,1-2H3;1,3H2,2H3;/q2*-1;;-1;. The third-order valence-electron chi connectivity index (χ3n) is 5.06. The normalized spacial score (nSPS) is 19.1. The molecule has 2 aliphatic rings. The minimum Gasteiger partial charge on any atom is -0.344 e. The van der Waals surface area contributed by atoms with Crippen molar-refractivity contribution in [3.8, 4) is 0 Å². The molecule has 0 amide bonds. The zero-order valence-corrected chi connectivity index (χ0v) is 21.2. The topological polar surface area (TPSA) is 12.4 Å². The molecule has 0 aromatic carbocycles. The molecule has 2 heteroatoms. The van der Waals surface area contributed by atoms with E-state index in [1.54, 1.807) is 0 Å². The van der Waals surface area contributed by atoms with Crippen molar-refractivity contribution < 1.29 is 20.9 Å². The van der Waals surface area contributed by atoms with Crippen LogP contribution in [0.2, 0.25) is 0 Å². The van der Waals surface area contributed by atoms with Crippen molar-refractivity contribution in [2.75, 3.05) is 0 Å². The van der Waals surface area contributed by atoms with Gasteiger partial charge in [0, 0.05) is 0 Å². The first kappa shape index (κ1) is 27.8. The van der Waals surface area contributed by atoms with Crippen molar-refractivity contribution >= 4 is 0 Å². The zero-order valence-electron chi connectivity index (χ0n) is 18.0. The molecular formula is C23H46NTa-3. The van der Waals surface area contributed by atoms with Gasteiger partial charge < -0.3 is 19.8 Å². The first-order valence-electron chi connectivity index (χ1n) is 10.9. The van der Waals surface area contributed by atoms with Gasteiger partial charge in [-0.15, -0.1) is 0 Å². The van der Waals surface area contributed by atoms with Crippen LogP contribution >= 0.6 is 0 Å². The van der Waals surface area contributed by atoms with Crippen molar-refractivity contribution in [3.63, 3.8) is 0 Å². The van der Waals surface area contributed by atoms with E-state index in [1.807, 2.05) is 6.92 Å². The van der Waals surface area contributed by atoms with Gasteiger partial charge in [0.2, 0.25) is 0 Å². The van der Waals surface area contributed by atoms with Crippen LogP contribution in [-0.4, -0.2) is 6.04 Å². The minimum atomic E-state index is 0.610. The number of hydrogen-bond acceptors (Lipinski definition) is 1. The Hall–Kier alpha value is 0.540. The molecule has 0 aromatic rings. The van der Waals surface area contributed by atoms with Crippen LogP contribution in [0.15, 0.2) is 3.34 Å². The van der Waals surface area contributed by atoms with Gasteiger partial charge >= 0.3 is 50.5 Å². The van der Waals surface area contributed by atoms with Crippen molar-refractivity contribution in [2.45, 2.75) is 118 Å². The van der Waals surface area contributed by atoms with Crippen LogP contribution in [0.1, 0.15) is 112 Å². The van der Waals surface area contributed by atoms with Crippen LogP contribution in [-0.2, 0) is 20.9 Å². The summed E-state index contributed by atoms with van der Waals surface area (Å²) in [5, 5.41) is 0. The van der Waals surface area contributed by atoms with E-state index >= 15 is 0 Å². The summed E-state index contributed by atoms with van der Waals surface area (Å²) in [5.41, 5.74) is 0. The Labute approximate surface area is 173 Å². The van der Waals surface area contributed by atoms with Gasteiger partial charge in [-0.25, -0.2) is 0 Å². The maximum Gasteiger partial charge on any atom is -0.0465 e. The van der Waals surface area contributed by atoms with Crippen LogP contribution in [0.4, 0.5) is 0 Å². The average molecular weight is 518 g/mol. The molecule has 2 saturated carbocycles. The molecule has 0 spiro atoms. The first-order chi connectivity index (χ1) is 12.1. The SMILES string of the molecule is CCC(C)[N]=[Ta].CCC1CC[CH-]CC1.CCC1CC[CH-]CC1.[CH2-]CC. The molecule has 1 unspecified atom stereocenters. The fourth-order valence-corrected chi connectivity index (χ4v) is 3.48. The maximum atomic E-state index is 4.12. The molecule has 2 fully saturated rings. The molecule has 0 N–H and O–H groups in total. The van der Waals surface area contributed by atoms with Gasteiger partial charge in [-0.05, 0) is 11.8 Å². The number of nitrogens with zero attached hydrogens (tertiary/aromatic N) is 1. The smallest absolute Gasteiger partial charge is 0.0465 e. The molecule has 2 aliphatic carbocycles. The van der Waals surface area contributed by atoms with Crippen LogP contribution in [0, 0.1) is 31.6 Å². The van der Waals surface area contributed by atoms with Crippen LogP contribution in [0.25, 0.3) is 0 Å². The maximum absolute atomic E-state index is 4.12. The Bertz CT molecular complexity index is 224. The predicted molar refractivity (Wildman–Crippen MR) is 111 cm³/mol. The third kappa shape index (κ3) is 20.7. The molecule has 2 rings (SSSR count). The molecule has 1 nitrogen and oxygen atoms in total. The molecular weight excluding hydrogens is 471 g/mol. The van der Waals surface area contributed by atoms with E-state index in [2.05, 4.69) is 50.8 Å². The van der Waals surface area contributed by atoms with Crippen molar-refractivity contribution in [3.05, 3.63) is 19.8 Å². The van der Waals surface area contributed by atoms with E-state index < -0.39 is 0 Å². The van der Waals surface area contributed by atoms with Gasteiger partial charge in [-0.2, -0.15) is 32.1 Å². The average Bonchev–Trinajstić information content (AvgIpc) is 2.70. The van der Waals surface area contributed by atoms with Gasteiger partial charge in [-0.3, -0.25) is 0 Å². The number of rotatable bonds is 4. The molecule has 0 saturated heterocycles. The Kier molecular flexibility index (Phi) is 25.1. The zero-order chi connectivity index (χ0) is 19.3. The van der Waals surface area contributed by atoms with E-state index in [0.717, 1.165) is 18.3 Å². The van der Waals surface area contributed by atoms with Crippen LogP contribution in [0.5, 0.6) is 0 Å². The summed E-state index contributed by atoms with van der Waals surface area (Å²) in [4.78, 5) is 0. The van der Waals surface area contributed by atoms with Gasteiger partial charge in [-0.1, -0.05) is 59.3 Å². The van der Waals surface area contributed by atoms with Gasteiger partial charge in [0.05, 0.1) is 0 Å². The summed E-state index contributed by atoms with van der Waals surface area (Å²) >= 11 is 1.18. The summed E-state index contributed by atoms with van der Waals surface area (Å²) in [7, 11) is 0. The molecule has 25 heavy (non-hydrogen) atoms. The van der Waals surface area contributed by atoms with Crippen LogP contribution in [0.3, 0.4) is 0 Å². The second-order valence-corrected chi connectivity index (χ2v) is 8.14. The Morgan fingerprint density at radius 3 is 1.32 bits per heavy atom. The molecule has 0 bridgehead atoms. The second-order valence-electron chi connectivity index (χ2n) is 7.31. The largest absolute Gasteiger partial charge is 0.344 e. The van der Waals surface area contributed by atoms with Crippen molar-refractivity contribution in [2.24, 2.45) is 15.2 Å². The van der Waals surface area contributed by atoms with E-state index in [1.165, 1.54) is 91.5 Å². The predicted octanol–water partition coefficient (Wildman–Crippen LogP) is 8.33. The Balaban J connectivity index is 0. The first-order valence-corrected chi connectivity index (χ1v) is 12.3. The van der Waals surface area contributed by atoms with Crippen molar-refractivity contribution in [1.29, 1.82) is 0 Å². The van der Waals surface area contributed by atoms with E-state index in [9.17, 15) is 0 Å². The van der Waals surface area contributed by atoms with E-state index in [0.29, 0.717) is 6.04 Å². The van der Waals surface area contributed by atoms with Crippen molar-refractivity contribution in [1.82, 2.24) is 0 Å². The van der Waals surface area contributed by atoms with Gasteiger partial charge in [0.25, 0.3) is 0 Å². The second kappa shape index (κ2) is 22.6. The molecule has 151 valence electrons. The fourth-order valence-electron chi connectivity index (χ4n) is 2.89.